The van der Waals surface area contributed by atoms with Crippen molar-refractivity contribution in [2.75, 3.05) is 12.4 Å². The van der Waals surface area contributed by atoms with Gasteiger partial charge in [0.2, 0.25) is 0 Å². The molecular weight excluding hydrogens is 264 g/mol. The topological polar surface area (TPSA) is 70.1 Å². The lowest BCUT2D eigenvalue weighted by atomic mass is 10.2. The molecule has 0 unspecified atom stereocenters. The summed E-state index contributed by atoms with van der Waals surface area (Å²) in [5.74, 6) is 0.724. The van der Waals surface area contributed by atoms with Gasteiger partial charge < -0.3 is 10.8 Å². The first-order valence-electron chi connectivity index (χ1n) is 4.02. The maximum Gasteiger partial charge on any atom is 0.123 e. The van der Waals surface area contributed by atoms with Crippen molar-refractivity contribution >= 4 is 33.5 Å². The van der Waals surface area contributed by atoms with Crippen LogP contribution >= 0.6 is 27.7 Å². The largest absolute Gasteiger partial charge is 0.396 e. The first-order valence-corrected chi connectivity index (χ1v) is 5.80. The van der Waals surface area contributed by atoms with Crippen LogP contribution in [0.5, 0.6) is 0 Å². The Kier molecular flexibility index (Phi) is 4.44. The Hall–Kier alpha value is -0.520. The summed E-state index contributed by atoms with van der Waals surface area (Å²) in [6.07, 6.45) is 0. The minimum Gasteiger partial charge on any atom is -0.396 e. The van der Waals surface area contributed by atoms with Gasteiger partial charge in [0.25, 0.3) is 0 Å². The Morgan fingerprint density at radius 1 is 1.57 bits per heavy atom. The van der Waals surface area contributed by atoms with Crippen LogP contribution in [-0.4, -0.2) is 23.3 Å². The molecule has 0 heterocycles. The smallest absolute Gasteiger partial charge is 0.123 e. The summed E-state index contributed by atoms with van der Waals surface area (Å²) in [7, 11) is 0. The standard InChI is InChI=1S/C9H11BrN2OS/c10-8-5-6(14-4-3-13)1-2-7(8)9(11)12/h1-2,5,13H,3-4H2,(H3,11,12). The Labute approximate surface area is 95.3 Å². The van der Waals surface area contributed by atoms with E-state index in [-0.39, 0.29) is 12.4 Å². The third kappa shape index (κ3) is 3.01. The molecule has 0 bridgehead atoms. The van der Waals surface area contributed by atoms with Gasteiger partial charge in [-0.2, -0.15) is 0 Å². The van der Waals surface area contributed by atoms with Gasteiger partial charge in [0, 0.05) is 20.7 Å². The second kappa shape index (κ2) is 5.38. The molecule has 0 amide bonds. The van der Waals surface area contributed by atoms with Crippen LogP contribution in [0.25, 0.3) is 0 Å². The minimum atomic E-state index is 0.0515. The number of thioether (sulfide) groups is 1. The molecule has 0 aliphatic heterocycles. The van der Waals surface area contributed by atoms with Crippen LogP contribution in [0.15, 0.2) is 27.6 Å². The summed E-state index contributed by atoms with van der Waals surface area (Å²) in [5, 5.41) is 15.9. The summed E-state index contributed by atoms with van der Waals surface area (Å²) in [4.78, 5) is 1.05. The maximum absolute atomic E-state index is 8.65. The van der Waals surface area contributed by atoms with Crippen LogP contribution < -0.4 is 5.73 Å². The van der Waals surface area contributed by atoms with Crippen LogP contribution in [0.2, 0.25) is 0 Å². The van der Waals surface area contributed by atoms with Gasteiger partial charge in [-0.15, -0.1) is 11.8 Å². The van der Waals surface area contributed by atoms with E-state index in [1.54, 1.807) is 17.8 Å². The van der Waals surface area contributed by atoms with Crippen molar-refractivity contribution in [1.82, 2.24) is 0 Å². The van der Waals surface area contributed by atoms with E-state index in [9.17, 15) is 0 Å². The van der Waals surface area contributed by atoms with Crippen molar-refractivity contribution < 1.29 is 5.11 Å². The first kappa shape index (κ1) is 11.6. The number of hydrogen-bond donors (Lipinski definition) is 3. The molecule has 14 heavy (non-hydrogen) atoms. The van der Waals surface area contributed by atoms with E-state index in [2.05, 4.69) is 15.9 Å². The van der Waals surface area contributed by atoms with Gasteiger partial charge in [0.15, 0.2) is 0 Å². The predicted molar refractivity (Wildman–Crippen MR) is 63.0 cm³/mol. The van der Waals surface area contributed by atoms with Crippen molar-refractivity contribution in [3.05, 3.63) is 28.2 Å². The Morgan fingerprint density at radius 2 is 2.29 bits per heavy atom. The number of halogens is 1. The molecule has 0 aliphatic carbocycles. The van der Waals surface area contributed by atoms with Crippen LogP contribution in [0.4, 0.5) is 0 Å². The highest BCUT2D eigenvalue weighted by Crippen LogP contribution is 2.24. The number of nitrogens with one attached hydrogen (secondary N) is 1. The number of aliphatic hydroxyl groups excluding tert-OH is 1. The summed E-state index contributed by atoms with van der Waals surface area (Å²) in [6.45, 7) is 0.163. The van der Waals surface area contributed by atoms with Crippen LogP contribution in [0.1, 0.15) is 5.56 Å². The molecule has 0 aliphatic rings. The molecule has 1 rings (SSSR count). The second-order valence-corrected chi connectivity index (χ2v) is 4.65. The molecule has 0 fully saturated rings. The van der Waals surface area contributed by atoms with E-state index < -0.39 is 0 Å². The molecule has 0 aromatic heterocycles. The first-order chi connectivity index (χ1) is 6.65. The highest BCUT2D eigenvalue weighted by Gasteiger charge is 2.03. The number of aliphatic hydroxyl groups is 1. The van der Waals surface area contributed by atoms with Gasteiger partial charge in [0.05, 0.1) is 6.61 Å². The zero-order valence-electron chi connectivity index (χ0n) is 7.46. The monoisotopic (exact) mass is 274 g/mol. The number of amidine groups is 1. The average Bonchev–Trinajstić information content (AvgIpc) is 2.14. The van der Waals surface area contributed by atoms with Crippen molar-refractivity contribution in [2.24, 2.45) is 5.73 Å². The maximum atomic E-state index is 8.65. The predicted octanol–water partition coefficient (Wildman–Crippen LogP) is 1.82. The molecule has 1 aromatic rings. The fourth-order valence-corrected chi connectivity index (χ4v) is 2.40. The normalized spacial score (nSPS) is 10.1. The van der Waals surface area contributed by atoms with Gasteiger partial charge in [-0.25, -0.2) is 0 Å². The Bertz CT molecular complexity index is 344. The number of benzene rings is 1. The highest BCUT2D eigenvalue weighted by atomic mass is 79.9. The molecule has 0 atom stereocenters. The second-order valence-electron chi connectivity index (χ2n) is 2.63. The van der Waals surface area contributed by atoms with Gasteiger partial charge in [-0.3, -0.25) is 5.41 Å². The molecule has 76 valence electrons. The molecule has 5 heteroatoms. The van der Waals surface area contributed by atoms with Gasteiger partial charge in [-0.1, -0.05) is 0 Å². The van der Waals surface area contributed by atoms with Gasteiger partial charge in [0.1, 0.15) is 5.84 Å². The van der Waals surface area contributed by atoms with Crippen molar-refractivity contribution in [3.63, 3.8) is 0 Å². The fraction of sp³-hybridized carbons (Fsp3) is 0.222. The van der Waals surface area contributed by atoms with Crippen molar-refractivity contribution in [2.45, 2.75) is 4.90 Å². The lowest BCUT2D eigenvalue weighted by molar-refractivity contribution is 0.322. The van der Waals surface area contributed by atoms with E-state index >= 15 is 0 Å². The molecule has 0 saturated carbocycles. The number of hydrogen-bond acceptors (Lipinski definition) is 3. The Morgan fingerprint density at radius 3 is 2.79 bits per heavy atom. The third-order valence-corrected chi connectivity index (χ3v) is 3.22. The lowest BCUT2D eigenvalue weighted by Crippen LogP contribution is -2.11. The minimum absolute atomic E-state index is 0.0515. The molecule has 0 saturated heterocycles. The van der Waals surface area contributed by atoms with Gasteiger partial charge in [-0.05, 0) is 34.1 Å². The lowest BCUT2D eigenvalue weighted by Gasteiger charge is -2.04. The average molecular weight is 275 g/mol. The van der Waals surface area contributed by atoms with E-state index in [1.165, 1.54) is 0 Å². The van der Waals surface area contributed by atoms with E-state index in [0.717, 1.165) is 9.37 Å². The molecule has 3 nitrogen and oxygen atoms in total. The van der Waals surface area contributed by atoms with E-state index in [4.69, 9.17) is 16.2 Å². The van der Waals surface area contributed by atoms with Crippen molar-refractivity contribution in [3.8, 4) is 0 Å². The third-order valence-electron chi connectivity index (χ3n) is 1.59. The highest BCUT2D eigenvalue weighted by molar-refractivity contribution is 9.10. The van der Waals surface area contributed by atoms with Crippen LogP contribution in [0.3, 0.4) is 0 Å². The summed E-state index contributed by atoms with van der Waals surface area (Å²) in [5.41, 5.74) is 6.06. The van der Waals surface area contributed by atoms with Crippen molar-refractivity contribution in [1.29, 1.82) is 5.41 Å². The molecular formula is C9H11BrN2OS. The molecule has 4 N–H and O–H groups in total. The SMILES string of the molecule is N=C(N)c1ccc(SCCO)cc1Br. The van der Waals surface area contributed by atoms with E-state index in [1.807, 2.05) is 12.1 Å². The number of nitrogen functional groups attached to an aromatic ring is 1. The van der Waals surface area contributed by atoms with Crippen LogP contribution in [0, 0.1) is 5.41 Å². The number of nitrogens with two attached hydrogens (primary N) is 1. The number of rotatable bonds is 4. The zero-order chi connectivity index (χ0) is 10.6. The fourth-order valence-electron chi connectivity index (χ4n) is 0.968. The zero-order valence-corrected chi connectivity index (χ0v) is 9.86. The summed E-state index contributed by atoms with van der Waals surface area (Å²) >= 11 is 4.91. The molecule has 1 aromatic carbocycles. The molecule has 0 spiro atoms. The Balaban J connectivity index is 2.83. The summed E-state index contributed by atoms with van der Waals surface area (Å²) in [6, 6.07) is 5.59. The quantitative estimate of drug-likeness (QED) is 0.446. The van der Waals surface area contributed by atoms with E-state index in [0.29, 0.717) is 11.3 Å². The van der Waals surface area contributed by atoms with Gasteiger partial charge >= 0.3 is 0 Å². The van der Waals surface area contributed by atoms with Crippen LogP contribution in [-0.2, 0) is 0 Å². The molecule has 0 radical (unpaired) electrons. The summed E-state index contributed by atoms with van der Waals surface area (Å²) < 4.78 is 0.813.